The summed E-state index contributed by atoms with van der Waals surface area (Å²) < 4.78 is 36.8. The molecule has 0 radical (unpaired) electrons. The standard InChI is InChI=1S/C25H21N5O6S/c1-37(33,34)25-28-20(14-17-8-4-2-5-9-17)23(30(31)32)24(29(25)27)36-22-15-18(16-26)12-13-21(22)35-19-10-6-3-7-11-19/h2-13,15,25H,14,27H2,1H3. The fourth-order valence-electron chi connectivity index (χ4n) is 3.57. The molecule has 1 aliphatic heterocycles. The Morgan fingerprint density at radius 2 is 1.70 bits per heavy atom. The topological polar surface area (TPSA) is 161 Å². The molecule has 188 valence electrons. The van der Waals surface area contributed by atoms with E-state index in [2.05, 4.69) is 4.99 Å². The van der Waals surface area contributed by atoms with Crippen molar-refractivity contribution in [1.82, 2.24) is 5.01 Å². The molecule has 0 bridgehead atoms. The van der Waals surface area contributed by atoms with Gasteiger partial charge >= 0.3 is 5.70 Å². The lowest BCUT2D eigenvalue weighted by Gasteiger charge is -2.30. The van der Waals surface area contributed by atoms with Crippen molar-refractivity contribution in [2.45, 2.75) is 11.9 Å². The molecule has 0 fully saturated rings. The third-order valence-corrected chi connectivity index (χ3v) is 6.34. The Morgan fingerprint density at radius 3 is 2.30 bits per heavy atom. The van der Waals surface area contributed by atoms with Crippen molar-refractivity contribution < 1.29 is 22.8 Å². The number of benzene rings is 3. The van der Waals surface area contributed by atoms with Gasteiger partial charge in [-0.1, -0.05) is 48.5 Å². The number of sulfone groups is 1. The minimum absolute atomic E-state index is 0.0461. The molecule has 3 aromatic rings. The number of allylic oxidation sites excluding steroid dienone is 1. The lowest BCUT2D eigenvalue weighted by Crippen LogP contribution is -2.50. The van der Waals surface area contributed by atoms with E-state index < -0.39 is 31.8 Å². The number of nitrogens with two attached hydrogens (primary N) is 1. The van der Waals surface area contributed by atoms with E-state index in [4.69, 9.17) is 15.3 Å². The Labute approximate surface area is 212 Å². The van der Waals surface area contributed by atoms with E-state index in [0.717, 1.165) is 6.26 Å². The van der Waals surface area contributed by atoms with E-state index in [9.17, 15) is 23.8 Å². The molecular formula is C25H21N5O6S. The van der Waals surface area contributed by atoms with Crippen molar-refractivity contribution in [1.29, 1.82) is 5.26 Å². The molecule has 0 saturated carbocycles. The molecule has 1 aliphatic rings. The van der Waals surface area contributed by atoms with Crippen LogP contribution in [0.15, 0.2) is 95.4 Å². The zero-order valence-electron chi connectivity index (χ0n) is 19.5. The second-order valence-corrected chi connectivity index (χ2v) is 10.1. The van der Waals surface area contributed by atoms with Crippen molar-refractivity contribution in [3.05, 3.63) is 112 Å². The van der Waals surface area contributed by atoms with Gasteiger partial charge < -0.3 is 9.47 Å². The molecule has 1 atom stereocenters. The number of hydrogen-bond acceptors (Lipinski definition) is 10. The zero-order chi connectivity index (χ0) is 26.6. The summed E-state index contributed by atoms with van der Waals surface area (Å²) in [5, 5.41) is 22.2. The van der Waals surface area contributed by atoms with Crippen LogP contribution in [0.2, 0.25) is 0 Å². The lowest BCUT2D eigenvalue weighted by atomic mass is 10.1. The van der Waals surface area contributed by atoms with Gasteiger partial charge in [0.1, 0.15) is 11.5 Å². The number of aliphatic imine (C=N–C) groups is 1. The van der Waals surface area contributed by atoms with Gasteiger partial charge in [0, 0.05) is 18.7 Å². The highest BCUT2D eigenvalue weighted by Gasteiger charge is 2.42. The summed E-state index contributed by atoms with van der Waals surface area (Å²) >= 11 is 0. The van der Waals surface area contributed by atoms with Crippen molar-refractivity contribution in [3.8, 4) is 23.3 Å². The van der Waals surface area contributed by atoms with Gasteiger partial charge in [-0.25, -0.2) is 24.3 Å². The summed E-state index contributed by atoms with van der Waals surface area (Å²) in [6.07, 6.45) is 0.867. The summed E-state index contributed by atoms with van der Waals surface area (Å²) in [6, 6.07) is 23.6. The first-order valence-electron chi connectivity index (χ1n) is 10.8. The fourth-order valence-corrected chi connectivity index (χ4v) is 4.40. The second-order valence-electron chi connectivity index (χ2n) is 8.00. The maximum absolute atomic E-state index is 12.5. The smallest absolute Gasteiger partial charge is 0.351 e. The fraction of sp³-hybridized carbons (Fsp3) is 0.120. The Balaban J connectivity index is 1.85. The normalized spacial score (nSPS) is 15.5. The van der Waals surface area contributed by atoms with Crippen LogP contribution in [0.3, 0.4) is 0 Å². The van der Waals surface area contributed by atoms with Crippen LogP contribution in [0.5, 0.6) is 17.2 Å². The maximum atomic E-state index is 12.5. The van der Waals surface area contributed by atoms with Gasteiger partial charge in [-0.05, 0) is 29.8 Å². The number of rotatable bonds is 8. The molecule has 3 aromatic carbocycles. The number of nitro groups is 1. The van der Waals surface area contributed by atoms with Crippen molar-refractivity contribution in [2.24, 2.45) is 10.8 Å². The summed E-state index contributed by atoms with van der Waals surface area (Å²) in [5.41, 5.74) is -1.58. The van der Waals surface area contributed by atoms with Gasteiger partial charge in [-0.15, -0.1) is 0 Å². The first kappa shape index (κ1) is 25.4. The number of nitriles is 1. The molecule has 0 amide bonds. The molecule has 1 heterocycles. The maximum Gasteiger partial charge on any atom is 0.351 e. The van der Waals surface area contributed by atoms with Gasteiger partial charge in [-0.3, -0.25) is 10.1 Å². The minimum atomic E-state index is -3.95. The van der Waals surface area contributed by atoms with E-state index in [1.54, 1.807) is 60.7 Å². The molecule has 0 spiro atoms. The predicted octanol–water partition coefficient (Wildman–Crippen LogP) is 3.38. The summed E-state index contributed by atoms with van der Waals surface area (Å²) in [6.45, 7) is 0. The number of hydrazine groups is 1. The first-order valence-corrected chi connectivity index (χ1v) is 12.8. The quantitative estimate of drug-likeness (QED) is 0.267. The molecule has 2 N–H and O–H groups in total. The SMILES string of the molecule is CS(=O)(=O)C1N=C(Cc2ccccc2)C([N+](=O)[O-])=C(Oc2cc(C#N)ccc2Oc2ccccc2)N1N. The van der Waals surface area contributed by atoms with E-state index in [1.165, 1.54) is 18.2 Å². The number of para-hydroxylation sites is 1. The Hall–Kier alpha value is -4.73. The van der Waals surface area contributed by atoms with Crippen LogP contribution in [0.4, 0.5) is 0 Å². The Bertz CT molecular complexity index is 1530. The average Bonchev–Trinajstić information content (AvgIpc) is 2.87. The van der Waals surface area contributed by atoms with E-state index in [-0.39, 0.29) is 29.2 Å². The summed E-state index contributed by atoms with van der Waals surface area (Å²) in [4.78, 5) is 15.6. The van der Waals surface area contributed by atoms with Gasteiger partial charge in [0.05, 0.1) is 16.6 Å². The second kappa shape index (κ2) is 10.5. The highest BCUT2D eigenvalue weighted by atomic mass is 32.2. The zero-order valence-corrected chi connectivity index (χ0v) is 20.3. The minimum Gasteiger partial charge on any atom is -0.453 e. The van der Waals surface area contributed by atoms with Gasteiger partial charge in [0.15, 0.2) is 21.3 Å². The largest absolute Gasteiger partial charge is 0.453 e. The molecule has 0 aliphatic carbocycles. The monoisotopic (exact) mass is 519 g/mol. The van der Waals surface area contributed by atoms with Gasteiger partial charge in [0.2, 0.25) is 5.50 Å². The molecule has 4 rings (SSSR count). The number of nitrogens with zero attached hydrogens (tertiary/aromatic N) is 4. The summed E-state index contributed by atoms with van der Waals surface area (Å²) in [5.74, 6) is 5.99. The first-order chi connectivity index (χ1) is 17.7. The van der Waals surface area contributed by atoms with Crippen molar-refractivity contribution in [3.63, 3.8) is 0 Å². The summed E-state index contributed by atoms with van der Waals surface area (Å²) in [7, 11) is -3.95. The molecule has 1 unspecified atom stereocenters. The predicted molar refractivity (Wildman–Crippen MR) is 135 cm³/mol. The van der Waals surface area contributed by atoms with Crippen LogP contribution < -0.4 is 15.3 Å². The number of ether oxygens (including phenoxy) is 2. The van der Waals surface area contributed by atoms with Crippen LogP contribution in [-0.4, -0.2) is 35.8 Å². The third kappa shape index (κ3) is 5.75. The molecule has 11 nitrogen and oxygen atoms in total. The van der Waals surface area contributed by atoms with Crippen LogP contribution in [0.25, 0.3) is 0 Å². The highest BCUT2D eigenvalue weighted by Crippen LogP contribution is 2.36. The van der Waals surface area contributed by atoms with Crippen molar-refractivity contribution >= 4 is 15.5 Å². The van der Waals surface area contributed by atoms with E-state index in [1.807, 2.05) is 6.07 Å². The van der Waals surface area contributed by atoms with E-state index >= 15 is 0 Å². The van der Waals surface area contributed by atoms with Crippen LogP contribution in [0, 0.1) is 21.4 Å². The average molecular weight is 520 g/mol. The molecule has 0 saturated heterocycles. The third-order valence-electron chi connectivity index (χ3n) is 5.25. The van der Waals surface area contributed by atoms with Gasteiger partial charge in [0.25, 0.3) is 5.88 Å². The molecule has 12 heteroatoms. The van der Waals surface area contributed by atoms with E-state index in [0.29, 0.717) is 16.3 Å². The number of hydrogen-bond donors (Lipinski definition) is 1. The van der Waals surface area contributed by atoms with Crippen molar-refractivity contribution in [2.75, 3.05) is 6.26 Å². The lowest BCUT2D eigenvalue weighted by molar-refractivity contribution is -0.419. The molecule has 0 aromatic heterocycles. The van der Waals surface area contributed by atoms with Crippen LogP contribution in [0.1, 0.15) is 11.1 Å². The van der Waals surface area contributed by atoms with Crippen LogP contribution in [-0.2, 0) is 16.3 Å². The molecule has 37 heavy (non-hydrogen) atoms. The Morgan fingerprint density at radius 1 is 1.05 bits per heavy atom. The Kier molecular flexibility index (Phi) is 7.19. The van der Waals surface area contributed by atoms with Gasteiger partial charge in [-0.2, -0.15) is 5.26 Å². The molecular weight excluding hydrogens is 498 g/mol. The highest BCUT2D eigenvalue weighted by molar-refractivity contribution is 7.91. The van der Waals surface area contributed by atoms with Crippen LogP contribution >= 0.6 is 0 Å².